The summed E-state index contributed by atoms with van der Waals surface area (Å²) in [5.41, 5.74) is 2.17. The Labute approximate surface area is 138 Å². The van der Waals surface area contributed by atoms with Crippen LogP contribution in [0.15, 0.2) is 6.20 Å². The van der Waals surface area contributed by atoms with Crippen molar-refractivity contribution in [3.63, 3.8) is 0 Å². The molecule has 1 aromatic rings. The zero-order chi connectivity index (χ0) is 16.6. The van der Waals surface area contributed by atoms with Crippen molar-refractivity contribution in [2.24, 2.45) is 5.92 Å². The maximum Gasteiger partial charge on any atom is 0.281 e. The van der Waals surface area contributed by atoms with Crippen molar-refractivity contribution in [3.05, 3.63) is 17.5 Å². The van der Waals surface area contributed by atoms with Gasteiger partial charge in [-0.15, -0.1) is 0 Å². The predicted molar refractivity (Wildman–Crippen MR) is 87.2 cm³/mol. The molecule has 1 aromatic heterocycles. The molecule has 2 heterocycles. The van der Waals surface area contributed by atoms with Crippen molar-refractivity contribution < 1.29 is 13.2 Å². The van der Waals surface area contributed by atoms with Crippen molar-refractivity contribution in [2.45, 2.75) is 38.8 Å². The molecule has 3 rings (SSSR count). The standard InChI is InChI=1S/C15H26N4O3S/c1-4-22-11-14-10-18(23(20,21)17(2)3)9-13-7-16-19(15(13)14)8-12-5-6-12/h7,12,14H,4-6,8-11H2,1-3H3/t14-/m0/s1. The molecule has 0 amide bonds. The minimum absolute atomic E-state index is 0.0367. The van der Waals surface area contributed by atoms with Gasteiger partial charge in [0.05, 0.1) is 12.8 Å². The topological polar surface area (TPSA) is 67.7 Å². The number of aromatic nitrogens is 2. The first-order valence-corrected chi connectivity index (χ1v) is 9.63. The van der Waals surface area contributed by atoms with Gasteiger partial charge in [0.15, 0.2) is 0 Å². The van der Waals surface area contributed by atoms with Crippen LogP contribution >= 0.6 is 0 Å². The second-order valence-corrected chi connectivity index (χ2v) is 8.76. The van der Waals surface area contributed by atoms with Gasteiger partial charge in [-0.1, -0.05) is 0 Å². The van der Waals surface area contributed by atoms with Gasteiger partial charge in [0.1, 0.15) is 0 Å². The Morgan fingerprint density at radius 3 is 2.74 bits per heavy atom. The largest absolute Gasteiger partial charge is 0.381 e. The van der Waals surface area contributed by atoms with E-state index in [4.69, 9.17) is 4.74 Å². The Hall–Kier alpha value is -0.960. The molecule has 1 atom stereocenters. The monoisotopic (exact) mass is 342 g/mol. The van der Waals surface area contributed by atoms with Crippen LogP contribution < -0.4 is 0 Å². The minimum atomic E-state index is -3.43. The van der Waals surface area contributed by atoms with E-state index in [2.05, 4.69) is 9.78 Å². The SMILES string of the molecule is CCOC[C@@H]1CN(S(=O)(=O)N(C)C)Cc2cnn(CC3CC3)c21. The van der Waals surface area contributed by atoms with Crippen molar-refractivity contribution >= 4 is 10.2 Å². The molecule has 2 aliphatic rings. The third kappa shape index (κ3) is 3.45. The summed E-state index contributed by atoms with van der Waals surface area (Å²) in [5.74, 6) is 0.768. The third-order valence-corrected chi connectivity index (χ3v) is 6.41. The summed E-state index contributed by atoms with van der Waals surface area (Å²) in [6.45, 7) is 4.90. The van der Waals surface area contributed by atoms with Gasteiger partial charge in [-0.05, 0) is 25.7 Å². The summed E-state index contributed by atoms with van der Waals surface area (Å²) >= 11 is 0. The van der Waals surface area contributed by atoms with Gasteiger partial charge in [-0.25, -0.2) is 0 Å². The van der Waals surface area contributed by atoms with E-state index in [0.717, 1.165) is 23.7 Å². The molecule has 0 aromatic carbocycles. The van der Waals surface area contributed by atoms with E-state index >= 15 is 0 Å². The van der Waals surface area contributed by atoms with Crippen molar-refractivity contribution in [2.75, 3.05) is 33.9 Å². The second kappa shape index (κ2) is 6.51. The maximum absolute atomic E-state index is 12.5. The molecule has 1 saturated carbocycles. The molecule has 7 nitrogen and oxygen atoms in total. The quantitative estimate of drug-likeness (QED) is 0.742. The van der Waals surface area contributed by atoms with Crippen LogP contribution in [0.4, 0.5) is 0 Å². The third-order valence-electron chi connectivity index (χ3n) is 4.56. The van der Waals surface area contributed by atoms with E-state index in [1.165, 1.54) is 21.5 Å². The van der Waals surface area contributed by atoms with Crippen LogP contribution in [-0.2, 0) is 28.0 Å². The van der Waals surface area contributed by atoms with Crippen molar-refractivity contribution in [1.29, 1.82) is 0 Å². The number of nitrogens with zero attached hydrogens (tertiary/aromatic N) is 4. The normalized spacial score (nSPS) is 22.5. The number of ether oxygens (including phenoxy) is 1. The van der Waals surface area contributed by atoms with Gasteiger partial charge in [0.2, 0.25) is 0 Å². The highest BCUT2D eigenvalue weighted by Crippen LogP contribution is 2.35. The zero-order valence-corrected chi connectivity index (χ0v) is 14.9. The Kier molecular flexibility index (Phi) is 4.78. The second-order valence-electron chi connectivity index (χ2n) is 6.62. The Morgan fingerprint density at radius 1 is 1.39 bits per heavy atom. The predicted octanol–water partition coefficient (Wildman–Crippen LogP) is 1.04. The lowest BCUT2D eigenvalue weighted by molar-refractivity contribution is 0.118. The first-order valence-electron chi connectivity index (χ1n) is 8.23. The average Bonchev–Trinajstić information content (AvgIpc) is 3.23. The molecule has 0 unspecified atom stereocenters. The Morgan fingerprint density at radius 2 is 2.13 bits per heavy atom. The van der Waals surface area contributed by atoms with Crippen LogP contribution in [0.5, 0.6) is 0 Å². The molecule has 8 heteroatoms. The molecule has 0 bridgehead atoms. The summed E-state index contributed by atoms with van der Waals surface area (Å²) in [7, 11) is -0.291. The van der Waals surface area contributed by atoms with Crippen LogP contribution in [0.1, 0.15) is 36.9 Å². The highest BCUT2D eigenvalue weighted by atomic mass is 32.2. The molecule has 0 N–H and O–H groups in total. The molecule has 1 fully saturated rings. The molecule has 23 heavy (non-hydrogen) atoms. The van der Waals surface area contributed by atoms with E-state index in [-0.39, 0.29) is 5.92 Å². The molecular weight excluding hydrogens is 316 g/mol. The van der Waals surface area contributed by atoms with Crippen LogP contribution in [0.2, 0.25) is 0 Å². The van der Waals surface area contributed by atoms with Crippen molar-refractivity contribution in [1.82, 2.24) is 18.4 Å². The van der Waals surface area contributed by atoms with Crippen LogP contribution in [0.25, 0.3) is 0 Å². The number of hydrogen-bond acceptors (Lipinski definition) is 4. The lowest BCUT2D eigenvalue weighted by Crippen LogP contribution is -2.45. The molecule has 0 spiro atoms. The van der Waals surface area contributed by atoms with Crippen LogP contribution in [0.3, 0.4) is 0 Å². The summed E-state index contributed by atoms with van der Waals surface area (Å²) in [5, 5.41) is 4.52. The van der Waals surface area contributed by atoms with E-state index in [1.54, 1.807) is 14.1 Å². The summed E-state index contributed by atoms with van der Waals surface area (Å²) in [6, 6.07) is 0. The fourth-order valence-corrected chi connectivity index (χ4v) is 4.24. The summed E-state index contributed by atoms with van der Waals surface area (Å²) in [4.78, 5) is 0. The zero-order valence-electron chi connectivity index (χ0n) is 14.1. The minimum Gasteiger partial charge on any atom is -0.381 e. The molecule has 1 aliphatic heterocycles. The van der Waals surface area contributed by atoms with E-state index < -0.39 is 10.2 Å². The van der Waals surface area contributed by atoms with E-state index in [0.29, 0.717) is 26.3 Å². The fraction of sp³-hybridized carbons (Fsp3) is 0.800. The van der Waals surface area contributed by atoms with Crippen LogP contribution in [0, 0.1) is 5.92 Å². The Bertz CT molecular complexity index is 652. The molecular formula is C15H26N4O3S. The van der Waals surface area contributed by atoms with Gasteiger partial charge in [0.25, 0.3) is 10.2 Å². The highest BCUT2D eigenvalue weighted by molar-refractivity contribution is 7.86. The van der Waals surface area contributed by atoms with E-state index in [9.17, 15) is 8.42 Å². The van der Waals surface area contributed by atoms with Gasteiger partial charge in [-0.2, -0.15) is 22.1 Å². The molecule has 0 saturated heterocycles. The maximum atomic E-state index is 12.5. The summed E-state index contributed by atoms with van der Waals surface area (Å²) < 4.78 is 35.5. The van der Waals surface area contributed by atoms with Crippen molar-refractivity contribution in [3.8, 4) is 0 Å². The summed E-state index contributed by atoms with van der Waals surface area (Å²) in [6.07, 6.45) is 4.37. The Balaban J connectivity index is 1.88. The molecule has 130 valence electrons. The fourth-order valence-electron chi connectivity index (χ4n) is 3.10. The first kappa shape index (κ1) is 16.9. The first-order chi connectivity index (χ1) is 10.9. The molecule has 0 radical (unpaired) electrons. The van der Waals surface area contributed by atoms with Gasteiger partial charge in [-0.3, -0.25) is 4.68 Å². The number of rotatable bonds is 7. The smallest absolute Gasteiger partial charge is 0.281 e. The molecule has 1 aliphatic carbocycles. The number of fused-ring (bicyclic) bond motifs is 1. The van der Waals surface area contributed by atoms with E-state index in [1.807, 2.05) is 13.1 Å². The van der Waals surface area contributed by atoms with Gasteiger partial charge >= 0.3 is 0 Å². The van der Waals surface area contributed by atoms with Gasteiger partial charge < -0.3 is 4.74 Å². The lowest BCUT2D eigenvalue weighted by Gasteiger charge is -2.34. The average molecular weight is 342 g/mol. The van der Waals surface area contributed by atoms with Crippen LogP contribution in [-0.4, -0.2) is 60.7 Å². The number of hydrogen-bond donors (Lipinski definition) is 0. The van der Waals surface area contributed by atoms with Gasteiger partial charge in [0, 0.05) is 57.5 Å². The lowest BCUT2D eigenvalue weighted by atomic mass is 9.98. The highest BCUT2D eigenvalue weighted by Gasteiger charge is 2.37.